The Morgan fingerprint density at radius 2 is 1.81 bits per heavy atom. The molecule has 0 radical (unpaired) electrons. The molecule has 0 spiro atoms. The number of benzene rings is 2. The number of carbonyl (C=O) groups is 3. The van der Waals surface area contributed by atoms with Crippen LogP contribution in [0.2, 0.25) is 0 Å². The Hall–Kier alpha value is -3.15. The predicted octanol–water partition coefficient (Wildman–Crippen LogP) is 2.28. The van der Waals surface area contributed by atoms with Crippen molar-refractivity contribution in [2.45, 2.75) is 25.9 Å². The fourth-order valence-corrected chi connectivity index (χ4v) is 3.20. The fraction of sp³-hybridized carbons (Fsp3) is 0.286. The van der Waals surface area contributed by atoms with E-state index < -0.39 is 30.5 Å². The average Bonchev–Trinajstić information content (AvgIpc) is 2.70. The van der Waals surface area contributed by atoms with Gasteiger partial charge in [-0.25, -0.2) is 9.59 Å². The maximum atomic E-state index is 12.7. The van der Waals surface area contributed by atoms with Gasteiger partial charge in [0.2, 0.25) is 0 Å². The molecule has 1 heterocycles. The maximum absolute atomic E-state index is 12.7. The first kappa shape index (κ1) is 18.6. The van der Waals surface area contributed by atoms with E-state index in [9.17, 15) is 14.4 Å². The molecule has 0 unspecified atom stereocenters. The van der Waals surface area contributed by atoms with E-state index in [2.05, 4.69) is 0 Å². The maximum Gasteiger partial charge on any atom is 0.338 e. The van der Waals surface area contributed by atoms with Crippen LogP contribution >= 0.6 is 0 Å². The van der Waals surface area contributed by atoms with Crippen LogP contribution in [0.5, 0.6) is 0 Å². The number of carbonyl (C=O) groups excluding carboxylic acids is 3. The zero-order valence-electron chi connectivity index (χ0n) is 15.3. The van der Waals surface area contributed by atoms with Crippen LogP contribution in [0.1, 0.15) is 27.0 Å². The minimum absolute atomic E-state index is 0.275. The van der Waals surface area contributed by atoms with Crippen LogP contribution in [0, 0.1) is 6.92 Å². The number of fused-ring (bicyclic) bond motifs is 1. The molecule has 0 aliphatic carbocycles. The summed E-state index contributed by atoms with van der Waals surface area (Å²) in [6.45, 7) is 1.72. The van der Waals surface area contributed by atoms with Gasteiger partial charge in [0.1, 0.15) is 6.04 Å². The Balaban J connectivity index is 1.72. The monoisotopic (exact) mass is 367 g/mol. The smallest absolute Gasteiger partial charge is 0.338 e. The first-order chi connectivity index (χ1) is 13.0. The molecular formula is C21H21NO5. The highest BCUT2D eigenvalue weighted by Crippen LogP contribution is 2.24. The standard InChI is InChI=1S/C21H21NO5/c1-14-6-5-9-16(10-14)20(24)27-13-19(23)22-12-17-8-4-3-7-15(17)11-18(22)21(25)26-2/h3-10,18H,11-13H2,1-2H3/t18-/m0/s1. The van der Waals surface area contributed by atoms with Crippen LogP contribution in [0.4, 0.5) is 0 Å². The molecule has 0 saturated heterocycles. The predicted molar refractivity (Wildman–Crippen MR) is 98.0 cm³/mol. The number of hydrogen-bond acceptors (Lipinski definition) is 5. The van der Waals surface area contributed by atoms with Gasteiger partial charge in [-0.05, 0) is 30.2 Å². The fourth-order valence-electron chi connectivity index (χ4n) is 3.20. The summed E-state index contributed by atoms with van der Waals surface area (Å²) in [7, 11) is 1.29. The van der Waals surface area contributed by atoms with E-state index in [1.165, 1.54) is 12.0 Å². The summed E-state index contributed by atoms with van der Waals surface area (Å²) in [5.74, 6) is -1.48. The van der Waals surface area contributed by atoms with Crippen LogP contribution in [-0.4, -0.2) is 42.5 Å². The quantitative estimate of drug-likeness (QED) is 0.775. The lowest BCUT2D eigenvalue weighted by atomic mass is 9.94. The zero-order chi connectivity index (χ0) is 19.4. The third-order valence-electron chi connectivity index (χ3n) is 4.62. The number of nitrogens with zero attached hydrogens (tertiary/aromatic N) is 1. The molecule has 3 rings (SSSR count). The van der Waals surface area contributed by atoms with E-state index in [4.69, 9.17) is 9.47 Å². The highest BCUT2D eigenvalue weighted by molar-refractivity contribution is 5.92. The van der Waals surface area contributed by atoms with Crippen molar-refractivity contribution in [1.29, 1.82) is 0 Å². The number of hydrogen-bond donors (Lipinski definition) is 0. The molecule has 1 aliphatic heterocycles. The van der Waals surface area contributed by atoms with Gasteiger partial charge >= 0.3 is 11.9 Å². The van der Waals surface area contributed by atoms with Crippen molar-refractivity contribution in [2.24, 2.45) is 0 Å². The Morgan fingerprint density at radius 1 is 1.07 bits per heavy atom. The van der Waals surface area contributed by atoms with Crippen molar-refractivity contribution in [2.75, 3.05) is 13.7 Å². The highest BCUT2D eigenvalue weighted by atomic mass is 16.5. The van der Waals surface area contributed by atoms with Gasteiger partial charge in [0.15, 0.2) is 6.61 Å². The van der Waals surface area contributed by atoms with Gasteiger partial charge < -0.3 is 14.4 Å². The van der Waals surface area contributed by atoms with E-state index in [0.29, 0.717) is 12.0 Å². The second kappa shape index (κ2) is 8.03. The van der Waals surface area contributed by atoms with Gasteiger partial charge in [0.05, 0.1) is 12.7 Å². The van der Waals surface area contributed by atoms with E-state index in [-0.39, 0.29) is 6.54 Å². The number of esters is 2. The van der Waals surface area contributed by atoms with Gasteiger partial charge in [-0.1, -0.05) is 42.0 Å². The van der Waals surface area contributed by atoms with Crippen LogP contribution in [0.3, 0.4) is 0 Å². The molecule has 6 heteroatoms. The zero-order valence-corrected chi connectivity index (χ0v) is 15.3. The van der Waals surface area contributed by atoms with Crippen molar-refractivity contribution in [3.05, 3.63) is 70.8 Å². The molecule has 6 nitrogen and oxygen atoms in total. The molecule has 1 aliphatic rings. The minimum atomic E-state index is -0.727. The van der Waals surface area contributed by atoms with Crippen molar-refractivity contribution in [3.63, 3.8) is 0 Å². The molecule has 27 heavy (non-hydrogen) atoms. The first-order valence-electron chi connectivity index (χ1n) is 8.67. The molecule has 1 amide bonds. The number of ether oxygens (including phenoxy) is 2. The lowest BCUT2D eigenvalue weighted by Gasteiger charge is -2.35. The normalized spacial score (nSPS) is 15.6. The van der Waals surface area contributed by atoms with Crippen LogP contribution in [0.15, 0.2) is 48.5 Å². The summed E-state index contributed by atoms with van der Waals surface area (Å²) in [5, 5.41) is 0. The SMILES string of the molecule is COC(=O)[C@@H]1Cc2ccccc2CN1C(=O)COC(=O)c1cccc(C)c1. The summed E-state index contributed by atoms with van der Waals surface area (Å²) >= 11 is 0. The van der Waals surface area contributed by atoms with Crippen molar-refractivity contribution < 1.29 is 23.9 Å². The Bertz CT molecular complexity index is 876. The van der Waals surface area contributed by atoms with Gasteiger partial charge in [-0.15, -0.1) is 0 Å². The number of methoxy groups -OCH3 is 1. The number of amides is 1. The summed E-state index contributed by atoms with van der Waals surface area (Å²) in [4.78, 5) is 38.4. The molecule has 1 atom stereocenters. The van der Waals surface area contributed by atoms with E-state index in [1.807, 2.05) is 37.3 Å². The molecule has 140 valence electrons. The second-order valence-corrected chi connectivity index (χ2v) is 6.48. The molecule has 0 bridgehead atoms. The number of rotatable bonds is 4. The van der Waals surface area contributed by atoms with Crippen LogP contribution < -0.4 is 0 Å². The summed E-state index contributed by atoms with van der Waals surface area (Å²) in [6.07, 6.45) is 0.375. The van der Waals surface area contributed by atoms with Crippen molar-refractivity contribution in [1.82, 2.24) is 4.90 Å². The molecule has 2 aromatic carbocycles. The third-order valence-corrected chi connectivity index (χ3v) is 4.62. The lowest BCUT2D eigenvalue weighted by Crippen LogP contribution is -2.50. The molecule has 0 saturated carbocycles. The molecule has 0 fully saturated rings. The Morgan fingerprint density at radius 3 is 2.52 bits per heavy atom. The summed E-state index contributed by atoms with van der Waals surface area (Å²) < 4.78 is 10.0. The first-order valence-corrected chi connectivity index (χ1v) is 8.67. The van der Waals surface area contributed by atoms with Crippen molar-refractivity contribution in [3.8, 4) is 0 Å². The Kier molecular flexibility index (Phi) is 5.54. The van der Waals surface area contributed by atoms with Gasteiger partial charge in [-0.2, -0.15) is 0 Å². The average molecular weight is 367 g/mol. The molecular weight excluding hydrogens is 346 g/mol. The van der Waals surface area contributed by atoms with E-state index >= 15 is 0 Å². The van der Waals surface area contributed by atoms with Gasteiger partial charge in [0, 0.05) is 13.0 Å². The summed E-state index contributed by atoms with van der Waals surface area (Å²) in [5.41, 5.74) is 3.29. The Labute approximate surface area is 157 Å². The van der Waals surface area contributed by atoms with E-state index in [0.717, 1.165) is 16.7 Å². The molecule has 0 aromatic heterocycles. The largest absolute Gasteiger partial charge is 0.467 e. The summed E-state index contributed by atoms with van der Waals surface area (Å²) in [6, 6.07) is 13.9. The molecule has 0 N–H and O–H groups in total. The topological polar surface area (TPSA) is 72.9 Å². The van der Waals surface area contributed by atoms with Gasteiger partial charge in [-0.3, -0.25) is 4.79 Å². The minimum Gasteiger partial charge on any atom is -0.467 e. The third kappa shape index (κ3) is 4.16. The van der Waals surface area contributed by atoms with E-state index in [1.54, 1.807) is 18.2 Å². The van der Waals surface area contributed by atoms with Crippen LogP contribution in [-0.2, 0) is 32.0 Å². The van der Waals surface area contributed by atoms with Crippen molar-refractivity contribution >= 4 is 17.8 Å². The van der Waals surface area contributed by atoms with Gasteiger partial charge in [0.25, 0.3) is 5.91 Å². The molecule has 2 aromatic rings. The second-order valence-electron chi connectivity index (χ2n) is 6.48. The highest BCUT2D eigenvalue weighted by Gasteiger charge is 2.35. The number of aryl methyl sites for hydroxylation is 1. The van der Waals surface area contributed by atoms with Crippen LogP contribution in [0.25, 0.3) is 0 Å². The lowest BCUT2D eigenvalue weighted by molar-refractivity contribution is -0.155.